The van der Waals surface area contributed by atoms with Crippen LogP contribution in [0.2, 0.25) is 0 Å². The van der Waals surface area contributed by atoms with E-state index in [0.717, 1.165) is 32.6 Å². The molecule has 4 heterocycles. The van der Waals surface area contributed by atoms with Crippen LogP contribution in [0.15, 0.2) is 59.7 Å². The Balaban J connectivity index is 1.49. The van der Waals surface area contributed by atoms with Crippen LogP contribution in [0.1, 0.15) is 18.2 Å². The van der Waals surface area contributed by atoms with Crippen molar-refractivity contribution in [2.24, 2.45) is 0 Å². The first-order valence-corrected chi connectivity index (χ1v) is 10.9. The van der Waals surface area contributed by atoms with E-state index in [4.69, 9.17) is 9.47 Å². The van der Waals surface area contributed by atoms with Gasteiger partial charge in [-0.1, -0.05) is 24.4 Å². The third-order valence-corrected chi connectivity index (χ3v) is 6.06. The summed E-state index contributed by atoms with van der Waals surface area (Å²) in [5.74, 6) is 1.29. The van der Waals surface area contributed by atoms with Crippen molar-refractivity contribution < 1.29 is 9.47 Å². The van der Waals surface area contributed by atoms with Gasteiger partial charge in [0.1, 0.15) is 35.1 Å². The Labute approximate surface area is 189 Å². The van der Waals surface area contributed by atoms with Crippen molar-refractivity contribution in [3.05, 3.63) is 61.1 Å². The van der Waals surface area contributed by atoms with Gasteiger partial charge in [0.2, 0.25) is 0 Å². The average molecular weight is 448 g/mol. The quantitative estimate of drug-likeness (QED) is 0.391. The second-order valence-corrected chi connectivity index (χ2v) is 8.09. The molecule has 1 aliphatic heterocycles. The van der Waals surface area contributed by atoms with Crippen molar-refractivity contribution >= 4 is 40.2 Å². The van der Waals surface area contributed by atoms with Crippen LogP contribution >= 0.6 is 11.8 Å². The first kappa shape index (κ1) is 20.4. The number of rotatable bonds is 7. The molecule has 3 aromatic heterocycles. The van der Waals surface area contributed by atoms with Gasteiger partial charge in [0, 0.05) is 24.4 Å². The molecule has 9 nitrogen and oxygen atoms in total. The maximum absolute atomic E-state index is 5.52. The third-order valence-electron chi connectivity index (χ3n) is 5.02. The molecule has 4 aromatic rings. The molecule has 1 aromatic carbocycles. The zero-order valence-electron chi connectivity index (χ0n) is 17.7. The minimum atomic E-state index is 0.382. The molecular weight excluding hydrogens is 426 g/mol. The van der Waals surface area contributed by atoms with Crippen LogP contribution in [-0.4, -0.2) is 49.9 Å². The molecule has 0 atom stereocenters. The molecule has 0 saturated carbocycles. The number of aromatic nitrogens is 6. The summed E-state index contributed by atoms with van der Waals surface area (Å²) < 4.78 is 13.0. The van der Waals surface area contributed by atoms with E-state index in [-0.39, 0.29) is 0 Å². The maximum Gasteiger partial charge on any atom is 0.168 e. The van der Waals surface area contributed by atoms with E-state index >= 15 is 0 Å². The Morgan fingerprint density at radius 3 is 2.84 bits per heavy atom. The summed E-state index contributed by atoms with van der Waals surface area (Å²) in [6.07, 6.45) is 6.68. The summed E-state index contributed by atoms with van der Waals surface area (Å²) in [6, 6.07) is 6.35. The number of methoxy groups -OCH3 is 1. The minimum Gasteiger partial charge on any atom is -0.492 e. The fourth-order valence-electron chi connectivity index (χ4n) is 3.65. The van der Waals surface area contributed by atoms with Gasteiger partial charge >= 0.3 is 0 Å². The minimum absolute atomic E-state index is 0.382. The molecule has 0 spiro atoms. The molecule has 0 N–H and O–H groups in total. The number of imidazole rings is 1. The summed E-state index contributed by atoms with van der Waals surface area (Å²) in [7, 11) is 1.67. The normalized spacial score (nSPS) is 12.5. The predicted molar refractivity (Wildman–Crippen MR) is 122 cm³/mol. The van der Waals surface area contributed by atoms with E-state index < -0.39 is 0 Å². The number of nitrogens with zero attached hydrogens (tertiary/aromatic N) is 7. The van der Waals surface area contributed by atoms with E-state index in [1.807, 2.05) is 16.4 Å². The molecule has 0 bridgehead atoms. The number of hydrogen-bond acceptors (Lipinski definition) is 9. The van der Waals surface area contributed by atoms with Crippen molar-refractivity contribution in [2.45, 2.75) is 23.4 Å². The Morgan fingerprint density at radius 2 is 2.00 bits per heavy atom. The maximum atomic E-state index is 5.52. The molecule has 0 radical (unpaired) electrons. The van der Waals surface area contributed by atoms with E-state index in [1.165, 1.54) is 6.33 Å². The Morgan fingerprint density at radius 1 is 1.12 bits per heavy atom. The predicted octanol–water partition coefficient (Wildman–Crippen LogP) is 3.88. The van der Waals surface area contributed by atoms with Gasteiger partial charge in [0.05, 0.1) is 25.2 Å². The highest BCUT2D eigenvalue weighted by Gasteiger charge is 2.26. The lowest BCUT2D eigenvalue weighted by Crippen LogP contribution is -2.24. The smallest absolute Gasteiger partial charge is 0.168 e. The van der Waals surface area contributed by atoms with Crippen LogP contribution in [0.4, 0.5) is 11.5 Å². The Hall–Kier alpha value is -3.50. The van der Waals surface area contributed by atoms with Crippen molar-refractivity contribution in [3.8, 4) is 0 Å². The highest BCUT2D eigenvalue weighted by atomic mass is 32.2. The van der Waals surface area contributed by atoms with Gasteiger partial charge in [-0.05, 0) is 24.6 Å². The number of benzene rings is 1. The van der Waals surface area contributed by atoms with Crippen LogP contribution in [0.25, 0.3) is 16.9 Å². The summed E-state index contributed by atoms with van der Waals surface area (Å²) in [6.45, 7) is 7.36. The van der Waals surface area contributed by atoms with Crippen LogP contribution in [0, 0.1) is 0 Å². The average Bonchev–Trinajstić information content (AvgIpc) is 3.22. The molecule has 5 rings (SSSR count). The first-order chi connectivity index (χ1) is 15.7. The van der Waals surface area contributed by atoms with Crippen molar-refractivity contribution in [3.63, 3.8) is 0 Å². The zero-order chi connectivity index (χ0) is 22.1. The zero-order valence-corrected chi connectivity index (χ0v) is 18.5. The van der Waals surface area contributed by atoms with Gasteiger partial charge in [-0.3, -0.25) is 4.90 Å². The number of ether oxygens (including phenoxy) is 2. The lowest BCUT2D eigenvalue weighted by molar-refractivity contribution is 0.204. The second-order valence-electron chi connectivity index (χ2n) is 7.06. The molecule has 0 aliphatic carbocycles. The molecule has 0 unspecified atom stereocenters. The fourth-order valence-corrected chi connectivity index (χ4v) is 4.64. The standard InChI is InChI=1S/C22H21N7O2S/c1-4-31-14(2)18-19-20(26-11-25-18)28(12-27-19)10-15-5-6-17-16(9-15)29(13-30-3)21-22(32-17)24-8-7-23-21/h5-9,11-12H,2,4,10,13H2,1,3H3. The number of hydrogen-bond donors (Lipinski definition) is 0. The fraction of sp³-hybridized carbons (Fsp3) is 0.227. The van der Waals surface area contributed by atoms with E-state index in [0.29, 0.717) is 36.9 Å². The van der Waals surface area contributed by atoms with Crippen LogP contribution in [0.5, 0.6) is 0 Å². The van der Waals surface area contributed by atoms with E-state index in [9.17, 15) is 0 Å². The van der Waals surface area contributed by atoms with Crippen LogP contribution < -0.4 is 4.90 Å². The van der Waals surface area contributed by atoms with Crippen molar-refractivity contribution in [1.29, 1.82) is 0 Å². The summed E-state index contributed by atoms with van der Waals surface area (Å²) in [5, 5.41) is 0.865. The summed E-state index contributed by atoms with van der Waals surface area (Å²) in [5.41, 5.74) is 4.14. The summed E-state index contributed by atoms with van der Waals surface area (Å²) >= 11 is 1.61. The monoisotopic (exact) mass is 447 g/mol. The topological polar surface area (TPSA) is 91.1 Å². The molecule has 0 fully saturated rings. The van der Waals surface area contributed by atoms with Gasteiger partial charge in [0.15, 0.2) is 11.5 Å². The lowest BCUT2D eigenvalue weighted by atomic mass is 10.1. The van der Waals surface area contributed by atoms with Gasteiger partial charge in [-0.2, -0.15) is 0 Å². The van der Waals surface area contributed by atoms with Gasteiger partial charge < -0.3 is 14.0 Å². The summed E-state index contributed by atoms with van der Waals surface area (Å²) in [4.78, 5) is 25.4. The molecule has 10 heteroatoms. The van der Waals surface area contributed by atoms with Gasteiger partial charge in [-0.15, -0.1) is 0 Å². The Kier molecular flexibility index (Phi) is 5.46. The van der Waals surface area contributed by atoms with E-state index in [2.05, 4.69) is 49.7 Å². The largest absolute Gasteiger partial charge is 0.492 e. The van der Waals surface area contributed by atoms with Crippen LogP contribution in [0.3, 0.4) is 0 Å². The molecule has 0 amide bonds. The SMILES string of the molecule is C=C(OCC)c1ncnc2c1ncn2Cc1ccc2c(c1)N(COC)c1nccnc1S2. The molecule has 162 valence electrons. The van der Waals surface area contributed by atoms with E-state index in [1.54, 1.807) is 37.6 Å². The van der Waals surface area contributed by atoms with Gasteiger partial charge in [-0.25, -0.2) is 24.9 Å². The highest BCUT2D eigenvalue weighted by molar-refractivity contribution is 7.99. The Bertz CT molecular complexity index is 1310. The second kappa shape index (κ2) is 8.56. The van der Waals surface area contributed by atoms with Crippen molar-refractivity contribution in [2.75, 3.05) is 25.3 Å². The molecular formula is C22H21N7O2S. The van der Waals surface area contributed by atoms with Crippen molar-refractivity contribution in [1.82, 2.24) is 29.5 Å². The first-order valence-electron chi connectivity index (χ1n) is 10.1. The molecule has 32 heavy (non-hydrogen) atoms. The lowest BCUT2D eigenvalue weighted by Gasteiger charge is -2.30. The molecule has 1 aliphatic rings. The third kappa shape index (κ3) is 3.57. The molecule has 0 saturated heterocycles. The number of anilines is 2. The number of fused-ring (bicyclic) bond motifs is 3. The van der Waals surface area contributed by atoms with Crippen LogP contribution in [-0.2, 0) is 16.0 Å². The highest BCUT2D eigenvalue weighted by Crippen LogP contribution is 2.46. The van der Waals surface area contributed by atoms with Gasteiger partial charge in [0.25, 0.3) is 0 Å².